The van der Waals surface area contributed by atoms with Crippen molar-refractivity contribution in [2.45, 2.75) is 51.1 Å². The lowest BCUT2D eigenvalue weighted by Crippen LogP contribution is -2.49. The summed E-state index contributed by atoms with van der Waals surface area (Å²) in [5.41, 5.74) is 2.21. The lowest BCUT2D eigenvalue weighted by Gasteiger charge is -2.31. The van der Waals surface area contributed by atoms with Crippen LogP contribution in [0.15, 0.2) is 59.5 Å². The minimum Gasteiger partial charge on any atom is -0.355 e. The van der Waals surface area contributed by atoms with Gasteiger partial charge in [-0.3, -0.25) is 9.59 Å². The number of amides is 2. The number of rotatable bonds is 10. The minimum atomic E-state index is -0.450. The zero-order chi connectivity index (χ0) is 20.4. The molecule has 1 atom stereocenters. The summed E-state index contributed by atoms with van der Waals surface area (Å²) in [6.07, 6.45) is 0.997. The summed E-state index contributed by atoms with van der Waals surface area (Å²) in [5.74, 6) is 0.631. The van der Waals surface area contributed by atoms with Crippen molar-refractivity contribution in [2.75, 3.05) is 12.3 Å². The second kappa shape index (κ2) is 11.5. The number of thioether (sulfide) groups is 1. The van der Waals surface area contributed by atoms with Gasteiger partial charge in [0.25, 0.3) is 0 Å². The molecule has 0 aliphatic rings. The van der Waals surface area contributed by atoms with Crippen molar-refractivity contribution < 1.29 is 9.59 Å². The van der Waals surface area contributed by atoms with Crippen LogP contribution in [0.1, 0.15) is 37.8 Å². The fourth-order valence-electron chi connectivity index (χ4n) is 3.10. The number of hydrogen-bond donors (Lipinski definition) is 1. The first kappa shape index (κ1) is 22.0. The van der Waals surface area contributed by atoms with Gasteiger partial charge in [0.2, 0.25) is 11.8 Å². The van der Waals surface area contributed by atoms with Crippen molar-refractivity contribution in [1.29, 1.82) is 0 Å². The van der Waals surface area contributed by atoms with Crippen molar-refractivity contribution in [2.24, 2.45) is 0 Å². The van der Waals surface area contributed by atoms with Crippen LogP contribution in [0.3, 0.4) is 0 Å². The highest BCUT2D eigenvalue weighted by atomic mass is 32.2. The molecular formula is C23H30N2O2S. The van der Waals surface area contributed by atoms with Crippen molar-refractivity contribution in [3.63, 3.8) is 0 Å². The molecule has 2 aromatic carbocycles. The molecule has 0 unspecified atom stereocenters. The van der Waals surface area contributed by atoms with Crippen LogP contribution < -0.4 is 5.32 Å². The maximum atomic E-state index is 13.1. The normalized spacial score (nSPS) is 11.7. The Hall–Kier alpha value is -2.27. The zero-order valence-electron chi connectivity index (χ0n) is 17.0. The van der Waals surface area contributed by atoms with Crippen LogP contribution >= 0.6 is 11.8 Å². The molecule has 0 saturated carbocycles. The SMILES string of the molecule is CCNC(=O)[C@H](CC)N(Cc1ccccc1C)C(=O)CCSc1ccccc1. The van der Waals surface area contributed by atoms with Gasteiger partial charge in [0, 0.05) is 30.2 Å². The Kier molecular flexibility index (Phi) is 9.08. The summed E-state index contributed by atoms with van der Waals surface area (Å²) in [7, 11) is 0. The van der Waals surface area contributed by atoms with Gasteiger partial charge in [0.15, 0.2) is 0 Å². The number of aryl methyl sites for hydroxylation is 1. The van der Waals surface area contributed by atoms with Gasteiger partial charge < -0.3 is 10.2 Å². The van der Waals surface area contributed by atoms with Crippen LogP contribution in [-0.2, 0) is 16.1 Å². The number of carbonyl (C=O) groups excluding carboxylic acids is 2. The Morgan fingerprint density at radius 1 is 1.04 bits per heavy atom. The molecule has 0 heterocycles. The van der Waals surface area contributed by atoms with Crippen LogP contribution in [0.5, 0.6) is 0 Å². The maximum Gasteiger partial charge on any atom is 0.242 e. The standard InChI is InChI=1S/C23H30N2O2S/c1-4-21(23(27)24-5-2)25(17-19-12-10-9-11-18(19)3)22(26)15-16-28-20-13-7-6-8-14-20/h6-14,21H,4-5,15-17H2,1-3H3,(H,24,27)/t21-/m0/s1. The molecule has 4 nitrogen and oxygen atoms in total. The Morgan fingerprint density at radius 2 is 1.71 bits per heavy atom. The number of benzene rings is 2. The third-order valence-corrected chi connectivity index (χ3v) is 5.68. The van der Waals surface area contributed by atoms with Gasteiger partial charge in [0.05, 0.1) is 0 Å². The molecule has 150 valence electrons. The number of hydrogen-bond acceptors (Lipinski definition) is 3. The van der Waals surface area contributed by atoms with Gasteiger partial charge in [-0.2, -0.15) is 0 Å². The molecule has 28 heavy (non-hydrogen) atoms. The molecule has 2 amide bonds. The lowest BCUT2D eigenvalue weighted by atomic mass is 10.1. The van der Waals surface area contributed by atoms with Crippen molar-refractivity contribution in [3.8, 4) is 0 Å². The highest BCUT2D eigenvalue weighted by Gasteiger charge is 2.28. The predicted molar refractivity (Wildman–Crippen MR) is 116 cm³/mol. The topological polar surface area (TPSA) is 49.4 Å². The van der Waals surface area contributed by atoms with Crippen LogP contribution in [0.4, 0.5) is 0 Å². The average molecular weight is 399 g/mol. The quantitative estimate of drug-likeness (QED) is 0.603. The second-order valence-corrected chi connectivity index (χ2v) is 7.85. The van der Waals surface area contributed by atoms with Crippen molar-refractivity contribution in [1.82, 2.24) is 10.2 Å². The molecule has 5 heteroatoms. The number of nitrogens with zero attached hydrogens (tertiary/aromatic N) is 1. The Balaban J connectivity index is 2.12. The molecule has 0 aromatic heterocycles. The molecule has 0 aliphatic heterocycles. The van der Waals surface area contributed by atoms with E-state index in [2.05, 4.69) is 5.32 Å². The fourth-order valence-corrected chi connectivity index (χ4v) is 3.96. The first-order valence-electron chi connectivity index (χ1n) is 9.86. The van der Waals surface area contributed by atoms with E-state index in [9.17, 15) is 9.59 Å². The number of likely N-dealkylation sites (N-methyl/N-ethyl adjacent to an activating group) is 1. The molecule has 2 aromatic rings. The van der Waals surface area contributed by atoms with E-state index in [1.165, 1.54) is 0 Å². The molecule has 1 N–H and O–H groups in total. The van der Waals surface area contributed by atoms with E-state index >= 15 is 0 Å². The monoisotopic (exact) mass is 398 g/mol. The van der Waals surface area contributed by atoms with Crippen molar-refractivity contribution in [3.05, 3.63) is 65.7 Å². The Labute approximate surface area is 172 Å². The summed E-state index contributed by atoms with van der Waals surface area (Å²) in [4.78, 5) is 28.6. The minimum absolute atomic E-state index is 0.0183. The molecule has 0 bridgehead atoms. The van der Waals surface area contributed by atoms with Gasteiger partial charge in [-0.05, 0) is 43.5 Å². The maximum absolute atomic E-state index is 13.1. The van der Waals surface area contributed by atoms with Crippen LogP contribution in [0.25, 0.3) is 0 Å². The third-order valence-electron chi connectivity index (χ3n) is 4.67. The Bertz CT molecular complexity index is 764. The van der Waals surface area contributed by atoms with Gasteiger partial charge in [-0.15, -0.1) is 11.8 Å². The third kappa shape index (κ3) is 6.41. The Morgan fingerprint density at radius 3 is 2.36 bits per heavy atom. The largest absolute Gasteiger partial charge is 0.355 e. The highest BCUT2D eigenvalue weighted by molar-refractivity contribution is 7.99. The first-order chi connectivity index (χ1) is 13.6. The van der Waals surface area contributed by atoms with Gasteiger partial charge in [-0.1, -0.05) is 49.4 Å². The van der Waals surface area contributed by atoms with Crippen molar-refractivity contribution >= 4 is 23.6 Å². The zero-order valence-corrected chi connectivity index (χ0v) is 17.8. The van der Waals surface area contributed by atoms with E-state index in [1.807, 2.05) is 75.4 Å². The fraction of sp³-hybridized carbons (Fsp3) is 0.391. The van der Waals surface area contributed by atoms with E-state index < -0.39 is 6.04 Å². The average Bonchev–Trinajstić information content (AvgIpc) is 2.70. The summed E-state index contributed by atoms with van der Waals surface area (Å²) in [6, 6.07) is 17.6. The molecular weight excluding hydrogens is 368 g/mol. The van der Waals surface area contributed by atoms with Gasteiger partial charge >= 0.3 is 0 Å². The van der Waals surface area contributed by atoms with Gasteiger partial charge in [-0.25, -0.2) is 0 Å². The summed E-state index contributed by atoms with van der Waals surface area (Å²) in [5, 5.41) is 2.88. The van der Waals surface area contributed by atoms with E-state index in [4.69, 9.17) is 0 Å². The molecule has 0 fully saturated rings. The van der Waals surface area contributed by atoms with E-state index in [1.54, 1.807) is 16.7 Å². The molecule has 0 radical (unpaired) electrons. The molecule has 0 saturated heterocycles. The second-order valence-electron chi connectivity index (χ2n) is 6.68. The van der Waals surface area contributed by atoms with E-state index in [0.717, 1.165) is 16.0 Å². The first-order valence-corrected chi connectivity index (χ1v) is 10.8. The number of nitrogens with one attached hydrogen (secondary N) is 1. The summed E-state index contributed by atoms with van der Waals surface area (Å²) < 4.78 is 0. The lowest BCUT2D eigenvalue weighted by molar-refractivity contribution is -0.141. The summed E-state index contributed by atoms with van der Waals surface area (Å²) in [6.45, 7) is 6.91. The molecule has 0 aliphatic carbocycles. The summed E-state index contributed by atoms with van der Waals surface area (Å²) >= 11 is 1.67. The predicted octanol–water partition coefficient (Wildman–Crippen LogP) is 4.42. The van der Waals surface area contributed by atoms with Crippen LogP contribution in [-0.4, -0.2) is 35.1 Å². The number of carbonyl (C=O) groups is 2. The molecule has 2 rings (SSSR count). The highest BCUT2D eigenvalue weighted by Crippen LogP contribution is 2.20. The van der Waals surface area contributed by atoms with E-state index in [0.29, 0.717) is 31.7 Å². The smallest absolute Gasteiger partial charge is 0.242 e. The van der Waals surface area contributed by atoms with E-state index in [-0.39, 0.29) is 11.8 Å². The van der Waals surface area contributed by atoms with Crippen LogP contribution in [0.2, 0.25) is 0 Å². The van der Waals surface area contributed by atoms with Gasteiger partial charge in [0.1, 0.15) is 6.04 Å². The molecule has 0 spiro atoms. The van der Waals surface area contributed by atoms with Crippen LogP contribution in [0, 0.1) is 6.92 Å².